The molecule has 2 fully saturated rings. The van der Waals surface area contributed by atoms with Crippen molar-refractivity contribution in [2.75, 3.05) is 44.2 Å². The fourth-order valence-electron chi connectivity index (χ4n) is 3.60. The Kier molecular flexibility index (Phi) is 5.06. The third kappa shape index (κ3) is 3.83. The van der Waals surface area contributed by atoms with Crippen molar-refractivity contribution in [2.24, 2.45) is 0 Å². The molecule has 2 saturated heterocycles. The van der Waals surface area contributed by atoms with Crippen molar-refractivity contribution in [3.8, 4) is 0 Å². The first kappa shape index (κ1) is 16.9. The van der Waals surface area contributed by atoms with Crippen molar-refractivity contribution in [1.29, 1.82) is 0 Å². The molecule has 7 heteroatoms. The Bertz CT molecular complexity index is 739. The number of hydrogen-bond donors (Lipinski definition) is 0. The van der Waals surface area contributed by atoms with E-state index in [9.17, 15) is 4.79 Å². The number of amides is 1. The third-order valence-corrected chi connectivity index (χ3v) is 5.09. The summed E-state index contributed by atoms with van der Waals surface area (Å²) in [6.45, 7) is 6.08. The summed E-state index contributed by atoms with van der Waals surface area (Å²) >= 11 is 0. The molecule has 0 atom stereocenters. The Balaban J connectivity index is 1.35. The molecule has 2 aliphatic rings. The highest BCUT2D eigenvalue weighted by Crippen LogP contribution is 2.18. The van der Waals surface area contributed by atoms with Gasteiger partial charge < -0.3 is 9.80 Å². The monoisotopic (exact) mass is 352 g/mol. The van der Waals surface area contributed by atoms with Gasteiger partial charge in [0.1, 0.15) is 17.8 Å². The van der Waals surface area contributed by atoms with Crippen LogP contribution >= 0.6 is 0 Å². The molecule has 0 N–H and O–H groups in total. The van der Waals surface area contributed by atoms with E-state index >= 15 is 0 Å². The molecule has 4 rings (SSSR count). The number of hydrogen-bond acceptors (Lipinski definition) is 6. The molecule has 7 nitrogen and oxygen atoms in total. The minimum Gasteiger partial charge on any atom is -0.357 e. The second-order valence-corrected chi connectivity index (χ2v) is 6.89. The zero-order valence-electron chi connectivity index (χ0n) is 14.9. The molecule has 2 aromatic rings. The van der Waals surface area contributed by atoms with Crippen molar-refractivity contribution in [3.05, 3.63) is 48.2 Å². The van der Waals surface area contributed by atoms with Gasteiger partial charge in [0.25, 0.3) is 5.91 Å². The second kappa shape index (κ2) is 7.78. The summed E-state index contributed by atoms with van der Waals surface area (Å²) in [4.78, 5) is 32.0. The molecule has 0 spiro atoms. The minimum absolute atomic E-state index is 0.00822. The van der Waals surface area contributed by atoms with Crippen molar-refractivity contribution < 1.29 is 4.79 Å². The van der Waals surface area contributed by atoms with Crippen LogP contribution in [0.3, 0.4) is 0 Å². The summed E-state index contributed by atoms with van der Waals surface area (Å²) < 4.78 is 0. The maximum absolute atomic E-state index is 12.8. The molecule has 4 heterocycles. The third-order valence-electron chi connectivity index (χ3n) is 5.09. The Morgan fingerprint density at radius 1 is 1.04 bits per heavy atom. The standard InChI is InChI=1S/C19H24N6O/c26-19(17-12-18(22-15-21-17)24-6-1-2-7-24)25-10-8-23(9-11-25)14-16-4-3-5-20-13-16/h3-5,12-13,15H,1-2,6-11,14H2. The van der Waals surface area contributed by atoms with Gasteiger partial charge in [0.2, 0.25) is 0 Å². The van der Waals surface area contributed by atoms with Crippen LogP contribution in [0.4, 0.5) is 5.82 Å². The highest BCUT2D eigenvalue weighted by Gasteiger charge is 2.24. The fraction of sp³-hybridized carbons (Fsp3) is 0.474. The summed E-state index contributed by atoms with van der Waals surface area (Å²) in [5.74, 6) is 0.880. The topological polar surface area (TPSA) is 65.5 Å². The van der Waals surface area contributed by atoms with Gasteiger partial charge in [0.05, 0.1) is 0 Å². The molecule has 2 aromatic heterocycles. The van der Waals surface area contributed by atoms with Gasteiger partial charge in [-0.2, -0.15) is 0 Å². The first-order chi connectivity index (χ1) is 12.8. The zero-order chi connectivity index (χ0) is 17.8. The number of rotatable bonds is 4. The summed E-state index contributed by atoms with van der Waals surface area (Å²) in [5, 5.41) is 0. The number of nitrogens with zero attached hydrogens (tertiary/aromatic N) is 6. The van der Waals surface area contributed by atoms with E-state index in [1.807, 2.05) is 23.2 Å². The SMILES string of the molecule is O=C(c1cc(N2CCCC2)ncn1)N1CCN(Cc2cccnc2)CC1. The Morgan fingerprint density at radius 2 is 1.85 bits per heavy atom. The van der Waals surface area contributed by atoms with Crippen LogP contribution < -0.4 is 4.90 Å². The lowest BCUT2D eigenvalue weighted by atomic mass is 10.2. The van der Waals surface area contributed by atoms with Crippen LogP contribution in [0.25, 0.3) is 0 Å². The van der Waals surface area contributed by atoms with Gasteiger partial charge in [-0.1, -0.05) is 6.07 Å². The van der Waals surface area contributed by atoms with Crippen LogP contribution in [0.15, 0.2) is 36.9 Å². The molecule has 0 bridgehead atoms. The van der Waals surface area contributed by atoms with Crippen LogP contribution in [0.2, 0.25) is 0 Å². The van der Waals surface area contributed by atoms with E-state index in [1.165, 1.54) is 24.7 Å². The smallest absolute Gasteiger partial charge is 0.272 e. The second-order valence-electron chi connectivity index (χ2n) is 6.89. The van der Waals surface area contributed by atoms with E-state index in [0.717, 1.165) is 51.6 Å². The quantitative estimate of drug-likeness (QED) is 0.829. The van der Waals surface area contributed by atoms with Crippen molar-refractivity contribution in [1.82, 2.24) is 24.8 Å². The lowest BCUT2D eigenvalue weighted by Gasteiger charge is -2.34. The van der Waals surface area contributed by atoms with Crippen LogP contribution in [0.1, 0.15) is 28.9 Å². The summed E-state index contributed by atoms with van der Waals surface area (Å²) in [6.07, 6.45) is 7.58. The summed E-state index contributed by atoms with van der Waals surface area (Å²) in [5.41, 5.74) is 1.71. The van der Waals surface area contributed by atoms with Crippen LogP contribution in [0.5, 0.6) is 0 Å². The Morgan fingerprint density at radius 3 is 2.58 bits per heavy atom. The molecule has 1 amide bonds. The van der Waals surface area contributed by atoms with E-state index in [2.05, 4.69) is 30.8 Å². The van der Waals surface area contributed by atoms with Gasteiger partial charge in [-0.15, -0.1) is 0 Å². The van der Waals surface area contributed by atoms with E-state index in [1.54, 1.807) is 6.20 Å². The molecule has 2 aliphatic heterocycles. The number of aromatic nitrogens is 3. The summed E-state index contributed by atoms with van der Waals surface area (Å²) in [6, 6.07) is 5.89. The van der Waals surface area contributed by atoms with Gasteiger partial charge >= 0.3 is 0 Å². The molecular formula is C19H24N6O. The maximum Gasteiger partial charge on any atom is 0.272 e. The molecular weight excluding hydrogens is 328 g/mol. The van der Waals surface area contributed by atoms with Crippen molar-refractivity contribution >= 4 is 11.7 Å². The highest BCUT2D eigenvalue weighted by atomic mass is 16.2. The molecule has 0 unspecified atom stereocenters. The summed E-state index contributed by atoms with van der Waals surface area (Å²) in [7, 11) is 0. The van der Waals surface area contributed by atoms with Gasteiger partial charge in [0.15, 0.2) is 0 Å². The van der Waals surface area contributed by atoms with E-state index in [4.69, 9.17) is 0 Å². The largest absolute Gasteiger partial charge is 0.357 e. The Hall–Kier alpha value is -2.54. The first-order valence-corrected chi connectivity index (χ1v) is 9.27. The van der Waals surface area contributed by atoms with E-state index in [0.29, 0.717) is 5.69 Å². The number of anilines is 1. The molecule has 0 saturated carbocycles. The lowest BCUT2D eigenvalue weighted by Crippen LogP contribution is -2.48. The lowest BCUT2D eigenvalue weighted by molar-refractivity contribution is 0.0622. The maximum atomic E-state index is 12.8. The van der Waals surface area contributed by atoms with Gasteiger partial charge in [-0.05, 0) is 24.5 Å². The number of carbonyl (C=O) groups excluding carboxylic acids is 1. The molecule has 0 radical (unpaired) electrons. The van der Waals surface area contributed by atoms with Gasteiger partial charge in [0, 0.05) is 64.3 Å². The van der Waals surface area contributed by atoms with Crippen LogP contribution in [0, 0.1) is 0 Å². The van der Waals surface area contributed by atoms with Crippen LogP contribution in [-0.2, 0) is 6.54 Å². The predicted molar refractivity (Wildman–Crippen MR) is 98.9 cm³/mol. The Labute approximate surface area is 153 Å². The number of carbonyl (C=O) groups is 1. The number of pyridine rings is 1. The normalized spacial score (nSPS) is 18.3. The van der Waals surface area contributed by atoms with Crippen molar-refractivity contribution in [3.63, 3.8) is 0 Å². The first-order valence-electron chi connectivity index (χ1n) is 9.27. The highest BCUT2D eigenvalue weighted by molar-refractivity contribution is 5.93. The van der Waals surface area contributed by atoms with E-state index in [-0.39, 0.29) is 5.91 Å². The number of piperazine rings is 1. The van der Waals surface area contributed by atoms with Gasteiger partial charge in [-0.25, -0.2) is 9.97 Å². The van der Waals surface area contributed by atoms with Gasteiger partial charge in [-0.3, -0.25) is 14.7 Å². The fourth-order valence-corrected chi connectivity index (χ4v) is 3.60. The molecule has 26 heavy (non-hydrogen) atoms. The zero-order valence-corrected chi connectivity index (χ0v) is 14.9. The molecule has 0 aromatic carbocycles. The average molecular weight is 352 g/mol. The predicted octanol–water partition coefficient (Wildman–Crippen LogP) is 1.43. The van der Waals surface area contributed by atoms with E-state index < -0.39 is 0 Å². The molecule has 0 aliphatic carbocycles. The average Bonchev–Trinajstić information content (AvgIpc) is 3.24. The minimum atomic E-state index is 0.00822. The van der Waals surface area contributed by atoms with Crippen molar-refractivity contribution in [2.45, 2.75) is 19.4 Å². The van der Waals surface area contributed by atoms with Crippen LogP contribution in [-0.4, -0.2) is 69.9 Å². The molecule has 136 valence electrons.